The minimum absolute atomic E-state index is 0.0626. The molecule has 1 amide bonds. The molecule has 0 radical (unpaired) electrons. The number of nitrogens with two attached hydrogens (primary N) is 1. The topological polar surface area (TPSA) is 55.6 Å². The molecule has 0 aliphatic carbocycles. The molecule has 0 heterocycles. The van der Waals surface area contributed by atoms with Crippen LogP contribution in [0.25, 0.3) is 0 Å². The van der Waals surface area contributed by atoms with Crippen LogP contribution in [0.4, 0.5) is 5.69 Å². The summed E-state index contributed by atoms with van der Waals surface area (Å²) in [5.41, 5.74) is 6.71. The van der Waals surface area contributed by atoms with Crippen molar-refractivity contribution in [3.8, 4) is 5.75 Å². The second-order valence-corrected chi connectivity index (χ2v) is 6.29. The van der Waals surface area contributed by atoms with E-state index in [0.717, 1.165) is 17.9 Å². The van der Waals surface area contributed by atoms with Crippen molar-refractivity contribution in [1.29, 1.82) is 0 Å². The van der Waals surface area contributed by atoms with Gasteiger partial charge in [-0.3, -0.25) is 4.79 Å². The van der Waals surface area contributed by atoms with Crippen molar-refractivity contribution in [3.05, 3.63) is 24.3 Å². The molecule has 0 spiro atoms. The molecule has 20 heavy (non-hydrogen) atoms. The Morgan fingerprint density at radius 3 is 2.25 bits per heavy atom. The van der Waals surface area contributed by atoms with Crippen LogP contribution in [0.15, 0.2) is 24.3 Å². The number of carbonyl (C=O) groups is 1. The van der Waals surface area contributed by atoms with Crippen LogP contribution in [0, 0.1) is 11.3 Å². The SMILES string of the molecule is COc1ccc(N(C)C(=O)C(CN)CC(C)(C)C)cc1. The van der Waals surface area contributed by atoms with Crippen molar-refractivity contribution >= 4 is 11.6 Å². The van der Waals surface area contributed by atoms with Crippen molar-refractivity contribution in [2.24, 2.45) is 17.1 Å². The van der Waals surface area contributed by atoms with Crippen molar-refractivity contribution in [1.82, 2.24) is 0 Å². The standard InChI is InChI=1S/C16H26N2O2/c1-16(2,3)10-12(11-17)15(19)18(4)13-6-8-14(20-5)9-7-13/h6-9,12H,10-11,17H2,1-5H3. The molecule has 0 bridgehead atoms. The van der Waals surface area contributed by atoms with Crippen LogP contribution in [-0.2, 0) is 4.79 Å². The summed E-state index contributed by atoms with van der Waals surface area (Å²) in [7, 11) is 3.41. The molecule has 0 aromatic heterocycles. The number of amides is 1. The first kappa shape index (κ1) is 16.5. The van der Waals surface area contributed by atoms with E-state index in [1.165, 1.54) is 0 Å². The number of anilines is 1. The lowest BCUT2D eigenvalue weighted by atomic mass is 9.84. The van der Waals surface area contributed by atoms with Gasteiger partial charge in [0, 0.05) is 19.3 Å². The van der Waals surface area contributed by atoms with E-state index in [0.29, 0.717) is 6.54 Å². The predicted molar refractivity (Wildman–Crippen MR) is 83.0 cm³/mol. The van der Waals surface area contributed by atoms with Crippen LogP contribution in [0.1, 0.15) is 27.2 Å². The van der Waals surface area contributed by atoms with Crippen LogP contribution in [0.3, 0.4) is 0 Å². The molecule has 1 unspecified atom stereocenters. The molecule has 1 atom stereocenters. The fraction of sp³-hybridized carbons (Fsp3) is 0.562. The number of hydrogen-bond donors (Lipinski definition) is 1. The second-order valence-electron chi connectivity index (χ2n) is 6.29. The van der Waals surface area contributed by atoms with E-state index in [2.05, 4.69) is 20.8 Å². The first-order valence-electron chi connectivity index (χ1n) is 6.90. The highest BCUT2D eigenvalue weighted by molar-refractivity contribution is 5.94. The van der Waals surface area contributed by atoms with Gasteiger partial charge in [0.05, 0.1) is 13.0 Å². The highest BCUT2D eigenvalue weighted by Crippen LogP contribution is 2.27. The number of nitrogens with zero attached hydrogens (tertiary/aromatic N) is 1. The van der Waals surface area contributed by atoms with Crippen molar-refractivity contribution < 1.29 is 9.53 Å². The van der Waals surface area contributed by atoms with Gasteiger partial charge in [0.1, 0.15) is 5.75 Å². The zero-order chi connectivity index (χ0) is 15.3. The van der Waals surface area contributed by atoms with E-state index in [9.17, 15) is 4.79 Å². The van der Waals surface area contributed by atoms with Crippen LogP contribution in [0.5, 0.6) is 5.75 Å². The Balaban J connectivity index is 2.82. The van der Waals surface area contributed by atoms with Gasteiger partial charge in [0.25, 0.3) is 0 Å². The first-order valence-corrected chi connectivity index (χ1v) is 6.90. The third kappa shape index (κ3) is 4.53. The third-order valence-electron chi connectivity index (χ3n) is 3.28. The summed E-state index contributed by atoms with van der Waals surface area (Å²) in [5, 5.41) is 0. The van der Waals surface area contributed by atoms with Gasteiger partial charge >= 0.3 is 0 Å². The summed E-state index contributed by atoms with van der Waals surface area (Å²) in [6.45, 7) is 6.74. The van der Waals surface area contributed by atoms with Gasteiger partial charge in [-0.1, -0.05) is 20.8 Å². The van der Waals surface area contributed by atoms with Crippen molar-refractivity contribution in [2.75, 3.05) is 25.6 Å². The minimum Gasteiger partial charge on any atom is -0.497 e. The quantitative estimate of drug-likeness (QED) is 0.901. The Bertz CT molecular complexity index is 435. The maximum Gasteiger partial charge on any atom is 0.231 e. The molecule has 2 N–H and O–H groups in total. The fourth-order valence-corrected chi connectivity index (χ4v) is 2.22. The Kier molecular flexibility index (Phi) is 5.57. The van der Waals surface area contributed by atoms with Gasteiger partial charge in [-0.05, 0) is 36.1 Å². The monoisotopic (exact) mass is 278 g/mol. The minimum atomic E-state index is -0.151. The van der Waals surface area contributed by atoms with E-state index in [4.69, 9.17) is 10.5 Å². The van der Waals surface area contributed by atoms with Gasteiger partial charge < -0.3 is 15.4 Å². The Labute approximate surface area is 121 Å². The molecule has 1 rings (SSSR count). The average molecular weight is 278 g/mol. The molecule has 0 aliphatic rings. The maximum atomic E-state index is 12.5. The zero-order valence-electron chi connectivity index (χ0n) is 13.1. The summed E-state index contributed by atoms with van der Waals surface area (Å²) in [5.74, 6) is 0.689. The normalized spacial score (nSPS) is 12.9. The summed E-state index contributed by atoms with van der Waals surface area (Å²) in [6, 6.07) is 7.45. The van der Waals surface area contributed by atoms with Crippen molar-refractivity contribution in [3.63, 3.8) is 0 Å². The smallest absolute Gasteiger partial charge is 0.231 e. The van der Waals surface area contributed by atoms with Gasteiger partial charge in [0.2, 0.25) is 5.91 Å². The molecular formula is C16H26N2O2. The molecule has 1 aromatic rings. The Hall–Kier alpha value is -1.55. The number of rotatable bonds is 5. The molecule has 0 aliphatic heterocycles. The highest BCUT2D eigenvalue weighted by atomic mass is 16.5. The molecule has 0 saturated carbocycles. The van der Waals surface area contributed by atoms with E-state index in [-0.39, 0.29) is 17.2 Å². The van der Waals surface area contributed by atoms with E-state index >= 15 is 0 Å². The Morgan fingerprint density at radius 2 is 1.85 bits per heavy atom. The molecular weight excluding hydrogens is 252 g/mol. The summed E-state index contributed by atoms with van der Waals surface area (Å²) < 4.78 is 5.12. The van der Waals surface area contributed by atoms with Gasteiger partial charge in [-0.15, -0.1) is 0 Å². The average Bonchev–Trinajstić information content (AvgIpc) is 2.42. The molecule has 0 fully saturated rings. The van der Waals surface area contributed by atoms with E-state index < -0.39 is 0 Å². The van der Waals surface area contributed by atoms with Crippen LogP contribution >= 0.6 is 0 Å². The van der Waals surface area contributed by atoms with Crippen LogP contribution in [0.2, 0.25) is 0 Å². The van der Waals surface area contributed by atoms with E-state index in [1.54, 1.807) is 19.1 Å². The maximum absolute atomic E-state index is 12.5. The summed E-state index contributed by atoms with van der Waals surface area (Å²) >= 11 is 0. The van der Waals surface area contributed by atoms with Crippen LogP contribution < -0.4 is 15.4 Å². The molecule has 1 aromatic carbocycles. The first-order chi connectivity index (χ1) is 9.28. The lowest BCUT2D eigenvalue weighted by Gasteiger charge is -2.28. The number of benzene rings is 1. The number of carbonyl (C=O) groups excluding carboxylic acids is 1. The number of ether oxygens (including phenoxy) is 1. The summed E-state index contributed by atoms with van der Waals surface area (Å²) in [4.78, 5) is 14.2. The van der Waals surface area contributed by atoms with Gasteiger partial charge in [-0.2, -0.15) is 0 Å². The van der Waals surface area contributed by atoms with Gasteiger partial charge in [-0.25, -0.2) is 0 Å². The number of hydrogen-bond acceptors (Lipinski definition) is 3. The highest BCUT2D eigenvalue weighted by Gasteiger charge is 2.26. The Morgan fingerprint density at radius 1 is 1.30 bits per heavy atom. The third-order valence-corrected chi connectivity index (χ3v) is 3.28. The molecule has 112 valence electrons. The second kappa shape index (κ2) is 6.75. The molecule has 4 nitrogen and oxygen atoms in total. The van der Waals surface area contributed by atoms with Gasteiger partial charge in [0.15, 0.2) is 0 Å². The molecule has 4 heteroatoms. The largest absolute Gasteiger partial charge is 0.497 e. The predicted octanol–water partition coefficient (Wildman–Crippen LogP) is 2.67. The lowest BCUT2D eigenvalue weighted by Crippen LogP contribution is -2.38. The molecule has 0 saturated heterocycles. The van der Waals surface area contributed by atoms with Crippen molar-refractivity contribution in [2.45, 2.75) is 27.2 Å². The van der Waals surface area contributed by atoms with E-state index in [1.807, 2.05) is 24.3 Å². The zero-order valence-corrected chi connectivity index (χ0v) is 13.1. The number of methoxy groups -OCH3 is 1. The summed E-state index contributed by atoms with van der Waals surface area (Å²) in [6.07, 6.45) is 0.781. The lowest BCUT2D eigenvalue weighted by molar-refractivity contribution is -0.122. The van der Waals surface area contributed by atoms with Crippen LogP contribution in [-0.4, -0.2) is 26.6 Å². The fourth-order valence-electron chi connectivity index (χ4n) is 2.22.